The molecular formula is C14H13F3N2O3. The molecule has 1 aromatic heterocycles. The standard InChI is InChI=1S/C14H13F3N2O3/c1-8-4-3-5-10(6-8)18-13(20)9(2)21-12-7-11(19-22-12)14(15,16)17/h3-7,9H,1-2H3,(H,18,20). The lowest BCUT2D eigenvalue weighted by molar-refractivity contribution is -0.142. The fraction of sp³-hybridized carbons (Fsp3) is 0.286. The molecule has 0 saturated heterocycles. The fourth-order valence-corrected chi connectivity index (χ4v) is 1.64. The van der Waals surface area contributed by atoms with Crippen LogP contribution in [0.3, 0.4) is 0 Å². The summed E-state index contributed by atoms with van der Waals surface area (Å²) in [7, 11) is 0. The predicted molar refractivity (Wildman–Crippen MR) is 71.4 cm³/mol. The third-order valence-electron chi connectivity index (χ3n) is 2.73. The van der Waals surface area contributed by atoms with E-state index in [1.54, 1.807) is 18.2 Å². The van der Waals surface area contributed by atoms with E-state index in [1.807, 2.05) is 13.0 Å². The SMILES string of the molecule is Cc1cccc(NC(=O)C(C)Oc2cc(C(F)(F)F)no2)c1. The third kappa shape index (κ3) is 4.00. The van der Waals surface area contributed by atoms with Gasteiger partial charge in [-0.15, -0.1) is 0 Å². The van der Waals surface area contributed by atoms with Gasteiger partial charge in [-0.2, -0.15) is 13.2 Å². The smallest absolute Gasteiger partial charge is 0.436 e. The molecule has 0 radical (unpaired) electrons. The van der Waals surface area contributed by atoms with Crippen molar-refractivity contribution in [3.8, 4) is 5.95 Å². The number of ether oxygens (including phenoxy) is 1. The first kappa shape index (κ1) is 15.9. The number of hydrogen-bond donors (Lipinski definition) is 1. The second-order valence-corrected chi connectivity index (χ2v) is 4.65. The zero-order chi connectivity index (χ0) is 16.3. The van der Waals surface area contributed by atoms with Crippen LogP contribution in [-0.4, -0.2) is 17.2 Å². The number of halogens is 3. The van der Waals surface area contributed by atoms with Gasteiger partial charge in [-0.05, 0) is 31.5 Å². The summed E-state index contributed by atoms with van der Waals surface area (Å²) >= 11 is 0. The highest BCUT2D eigenvalue weighted by atomic mass is 19.4. The molecule has 0 bridgehead atoms. The summed E-state index contributed by atoms with van der Waals surface area (Å²) in [6.45, 7) is 3.25. The first-order valence-corrected chi connectivity index (χ1v) is 6.34. The van der Waals surface area contributed by atoms with Gasteiger partial charge in [-0.1, -0.05) is 17.3 Å². The van der Waals surface area contributed by atoms with Gasteiger partial charge in [0, 0.05) is 5.69 Å². The molecule has 0 saturated carbocycles. The minimum absolute atomic E-state index is 0.473. The highest BCUT2D eigenvalue weighted by Crippen LogP contribution is 2.30. The Morgan fingerprint density at radius 1 is 1.36 bits per heavy atom. The van der Waals surface area contributed by atoms with Gasteiger partial charge >= 0.3 is 12.1 Å². The predicted octanol–water partition coefficient (Wildman–Crippen LogP) is 3.41. The van der Waals surface area contributed by atoms with Gasteiger partial charge in [-0.25, -0.2) is 0 Å². The Balaban J connectivity index is 1.98. The molecule has 1 atom stereocenters. The third-order valence-corrected chi connectivity index (χ3v) is 2.73. The Morgan fingerprint density at radius 3 is 2.68 bits per heavy atom. The number of hydrogen-bond acceptors (Lipinski definition) is 4. The van der Waals surface area contributed by atoms with E-state index >= 15 is 0 Å². The van der Waals surface area contributed by atoms with Crippen LogP contribution in [0.1, 0.15) is 18.2 Å². The maximum atomic E-state index is 12.4. The van der Waals surface area contributed by atoms with Crippen LogP contribution in [0.15, 0.2) is 34.9 Å². The summed E-state index contributed by atoms with van der Waals surface area (Å²) in [4.78, 5) is 11.9. The average molecular weight is 314 g/mol. The number of aryl methyl sites for hydroxylation is 1. The van der Waals surface area contributed by atoms with Crippen molar-refractivity contribution in [3.05, 3.63) is 41.6 Å². The van der Waals surface area contributed by atoms with Gasteiger partial charge in [0.1, 0.15) is 0 Å². The molecule has 22 heavy (non-hydrogen) atoms. The maximum absolute atomic E-state index is 12.4. The van der Waals surface area contributed by atoms with E-state index in [2.05, 4.69) is 15.0 Å². The van der Waals surface area contributed by atoms with Crippen molar-refractivity contribution < 1.29 is 27.2 Å². The van der Waals surface area contributed by atoms with Gasteiger partial charge in [0.05, 0.1) is 6.07 Å². The highest BCUT2D eigenvalue weighted by molar-refractivity contribution is 5.94. The number of amides is 1. The van der Waals surface area contributed by atoms with Gasteiger partial charge < -0.3 is 14.6 Å². The Kier molecular flexibility index (Phi) is 4.39. The van der Waals surface area contributed by atoms with E-state index in [1.165, 1.54) is 6.92 Å². The first-order chi connectivity index (χ1) is 10.3. The monoisotopic (exact) mass is 314 g/mol. The topological polar surface area (TPSA) is 64.4 Å². The lowest BCUT2D eigenvalue weighted by Crippen LogP contribution is -2.30. The van der Waals surface area contributed by atoms with Crippen LogP contribution >= 0.6 is 0 Å². The van der Waals surface area contributed by atoms with E-state index in [0.29, 0.717) is 11.8 Å². The van der Waals surface area contributed by atoms with Crippen molar-refractivity contribution in [1.29, 1.82) is 0 Å². The molecule has 0 aliphatic heterocycles. The molecule has 0 fully saturated rings. The molecule has 1 unspecified atom stereocenters. The van der Waals surface area contributed by atoms with Crippen LogP contribution in [0, 0.1) is 6.92 Å². The van der Waals surface area contributed by atoms with Crippen molar-refractivity contribution in [2.24, 2.45) is 0 Å². The minimum atomic E-state index is -4.63. The molecule has 8 heteroatoms. The molecule has 0 aliphatic carbocycles. The van der Waals surface area contributed by atoms with Crippen LogP contribution < -0.4 is 10.1 Å². The minimum Gasteiger partial charge on any atom is -0.451 e. The van der Waals surface area contributed by atoms with E-state index < -0.39 is 29.8 Å². The summed E-state index contributed by atoms with van der Waals surface area (Å²) in [5.74, 6) is -0.991. The Morgan fingerprint density at radius 2 is 2.09 bits per heavy atom. The van der Waals surface area contributed by atoms with Crippen molar-refractivity contribution in [3.63, 3.8) is 0 Å². The second-order valence-electron chi connectivity index (χ2n) is 4.65. The number of aromatic nitrogens is 1. The zero-order valence-electron chi connectivity index (χ0n) is 11.8. The van der Waals surface area contributed by atoms with Crippen molar-refractivity contribution in [1.82, 2.24) is 5.16 Å². The molecular weight excluding hydrogens is 301 g/mol. The summed E-state index contributed by atoms with van der Waals surface area (Å²) in [6.07, 6.45) is -5.67. The molecule has 118 valence electrons. The summed E-state index contributed by atoms with van der Waals surface area (Å²) < 4.78 is 46.5. The van der Waals surface area contributed by atoms with E-state index in [-0.39, 0.29) is 0 Å². The van der Waals surface area contributed by atoms with Gasteiger partial charge in [0.15, 0.2) is 11.8 Å². The number of carbonyl (C=O) groups excluding carboxylic acids is 1. The quantitative estimate of drug-likeness (QED) is 0.939. The van der Waals surface area contributed by atoms with E-state index in [9.17, 15) is 18.0 Å². The molecule has 1 aromatic carbocycles. The van der Waals surface area contributed by atoms with Crippen molar-refractivity contribution in [2.75, 3.05) is 5.32 Å². The van der Waals surface area contributed by atoms with Crippen molar-refractivity contribution in [2.45, 2.75) is 26.1 Å². The Labute approximate surface area is 124 Å². The fourth-order valence-electron chi connectivity index (χ4n) is 1.64. The number of anilines is 1. The van der Waals surface area contributed by atoms with Gasteiger partial charge in [-0.3, -0.25) is 4.79 Å². The van der Waals surface area contributed by atoms with Crippen LogP contribution in [-0.2, 0) is 11.0 Å². The highest BCUT2D eigenvalue weighted by Gasteiger charge is 2.35. The zero-order valence-corrected chi connectivity index (χ0v) is 11.8. The molecule has 5 nitrogen and oxygen atoms in total. The number of carbonyl (C=O) groups is 1. The van der Waals surface area contributed by atoms with E-state index in [0.717, 1.165) is 5.56 Å². The lowest BCUT2D eigenvalue weighted by atomic mass is 10.2. The summed E-state index contributed by atoms with van der Waals surface area (Å²) in [5, 5.41) is 5.43. The van der Waals surface area contributed by atoms with Gasteiger partial charge in [0.2, 0.25) is 0 Å². The number of benzene rings is 1. The Bertz CT molecular complexity index is 667. The van der Waals surface area contributed by atoms with E-state index in [4.69, 9.17) is 4.74 Å². The number of nitrogens with zero attached hydrogens (tertiary/aromatic N) is 1. The molecule has 0 spiro atoms. The van der Waals surface area contributed by atoms with Crippen LogP contribution in [0.2, 0.25) is 0 Å². The molecule has 1 N–H and O–H groups in total. The maximum Gasteiger partial charge on any atom is 0.436 e. The average Bonchev–Trinajstić information content (AvgIpc) is 2.87. The number of nitrogens with one attached hydrogen (secondary N) is 1. The molecule has 1 heterocycles. The molecule has 0 aliphatic rings. The number of rotatable bonds is 4. The summed E-state index contributed by atoms with van der Waals surface area (Å²) in [5.41, 5.74) is 0.305. The largest absolute Gasteiger partial charge is 0.451 e. The lowest BCUT2D eigenvalue weighted by Gasteiger charge is -2.12. The normalized spacial score (nSPS) is 12.8. The first-order valence-electron chi connectivity index (χ1n) is 6.34. The molecule has 1 amide bonds. The van der Waals surface area contributed by atoms with Crippen LogP contribution in [0.4, 0.5) is 18.9 Å². The summed E-state index contributed by atoms with van der Waals surface area (Å²) in [6, 6.07) is 7.66. The molecule has 2 rings (SSSR count). The Hall–Kier alpha value is -2.51. The molecule has 2 aromatic rings. The number of alkyl halides is 3. The second kappa shape index (κ2) is 6.08. The van der Waals surface area contributed by atoms with Crippen LogP contribution in [0.5, 0.6) is 5.95 Å². The van der Waals surface area contributed by atoms with Crippen LogP contribution in [0.25, 0.3) is 0 Å². The van der Waals surface area contributed by atoms with Crippen molar-refractivity contribution >= 4 is 11.6 Å². The van der Waals surface area contributed by atoms with Gasteiger partial charge in [0.25, 0.3) is 5.91 Å².